The number of carbonyl (C=O) groups excluding carboxylic acids is 4. The van der Waals surface area contributed by atoms with Crippen LogP contribution in [0.1, 0.15) is 249 Å². The largest absolute Gasteiger partial charge is 0.351 e. The average molecular weight is 1020 g/mol. The fourth-order valence-electron chi connectivity index (χ4n) is 8.95. The quantitative estimate of drug-likeness (QED) is 0.0279. The van der Waals surface area contributed by atoms with Crippen LogP contribution in [0.4, 0.5) is 0 Å². The standard InChI is InChI=1S/C34H53NO4.C30H45NO4/c1-3-5-7-9-10-11-12-13-14-15-16-17-18-19-20-24-28-39-32(38-27-23-8-6-4-2)29-35-33(36)30-25-21-22-26-31(30)34(35)37;1-3-5-6-7-8-9-10-11-12-13-14-15-16-17-18-21-24-35-28(34-4-2)25-31-29(32)26-22-19-20-23-27(26)30(31)33/h10-11,13-14,21-22,25-26,32H,3-9,12,15-20,23-24,27-29H2,1-2H3;8-9,11-12,19-20,22-23,28H,3-7,10,13-18,21,24-25H2,1-2H3/b11-10-,14-13-;9-8-,12-11-. The zero-order chi connectivity index (χ0) is 53.1. The van der Waals surface area contributed by atoms with E-state index >= 15 is 0 Å². The molecule has 0 spiro atoms. The topological polar surface area (TPSA) is 112 Å². The lowest BCUT2D eigenvalue weighted by Gasteiger charge is -2.23. The van der Waals surface area contributed by atoms with Crippen LogP contribution in [-0.4, -0.2) is 85.5 Å². The van der Waals surface area contributed by atoms with Gasteiger partial charge in [-0.05, 0) is 115 Å². The van der Waals surface area contributed by atoms with Crippen LogP contribution >= 0.6 is 0 Å². The first-order valence-electron chi connectivity index (χ1n) is 29.3. The maximum absolute atomic E-state index is 12.8. The van der Waals surface area contributed by atoms with E-state index in [1.165, 1.54) is 138 Å². The molecule has 0 radical (unpaired) electrons. The fourth-order valence-corrected chi connectivity index (χ4v) is 8.95. The molecule has 2 heterocycles. The van der Waals surface area contributed by atoms with Crippen LogP contribution in [0.2, 0.25) is 0 Å². The van der Waals surface area contributed by atoms with Crippen LogP contribution in [-0.2, 0) is 18.9 Å². The van der Waals surface area contributed by atoms with Gasteiger partial charge in [-0.2, -0.15) is 0 Å². The van der Waals surface area contributed by atoms with E-state index in [1.807, 2.05) is 6.92 Å². The number of carbonyl (C=O) groups is 4. The minimum Gasteiger partial charge on any atom is -0.351 e. The predicted molar refractivity (Wildman–Crippen MR) is 304 cm³/mol. The molecule has 0 N–H and O–H groups in total. The fraction of sp³-hybridized carbons (Fsp3) is 0.625. The number of hydrogen-bond donors (Lipinski definition) is 0. The Hall–Kier alpha value is -4.48. The minimum atomic E-state index is -0.583. The molecule has 10 nitrogen and oxygen atoms in total. The number of unbranched alkanes of at least 4 members (excludes halogenated alkanes) is 21. The summed E-state index contributed by atoms with van der Waals surface area (Å²) in [5.41, 5.74) is 1.85. The van der Waals surface area contributed by atoms with Crippen molar-refractivity contribution in [3.8, 4) is 0 Å². The summed E-state index contributed by atoms with van der Waals surface area (Å²) in [5.74, 6) is -1.06. The molecule has 4 rings (SSSR count). The number of rotatable bonds is 44. The number of fused-ring (bicyclic) bond motifs is 2. The predicted octanol–water partition coefficient (Wildman–Crippen LogP) is 16.5. The lowest BCUT2D eigenvalue weighted by molar-refractivity contribution is -0.148. The Bertz CT molecular complexity index is 1870. The Labute approximate surface area is 448 Å². The van der Waals surface area contributed by atoms with E-state index in [1.54, 1.807) is 48.5 Å². The SMILES string of the molecule is CCCCC/C=C\C/C=C\CCCCCCCCOC(CN1C(=O)c2ccccc2C1=O)OCC.CCCCC/C=C\C/C=C\CCCCCCCCOC(CN1C(=O)c2ccccc2C1=O)OCCCCCC. The number of benzene rings is 2. The third kappa shape index (κ3) is 26.8. The zero-order valence-electron chi connectivity index (χ0n) is 46.6. The van der Waals surface area contributed by atoms with Gasteiger partial charge in [0, 0.05) is 26.4 Å². The molecule has 2 atom stereocenters. The Morgan fingerprint density at radius 2 is 0.622 bits per heavy atom. The van der Waals surface area contributed by atoms with E-state index in [0.29, 0.717) is 48.7 Å². The molecular weight excluding hydrogens is 925 g/mol. The third-order valence-corrected chi connectivity index (χ3v) is 13.4. The Balaban J connectivity index is 0.000000393. The Kier molecular flexibility index (Phi) is 36.8. The van der Waals surface area contributed by atoms with Gasteiger partial charge in [-0.25, -0.2) is 0 Å². The summed E-state index contributed by atoms with van der Waals surface area (Å²) in [6.07, 6.45) is 50.5. The Morgan fingerprint density at radius 1 is 0.351 bits per heavy atom. The van der Waals surface area contributed by atoms with E-state index in [-0.39, 0.29) is 36.7 Å². The van der Waals surface area contributed by atoms with E-state index in [2.05, 4.69) is 69.4 Å². The molecule has 2 aromatic carbocycles. The van der Waals surface area contributed by atoms with Gasteiger partial charge >= 0.3 is 0 Å². The summed E-state index contributed by atoms with van der Waals surface area (Å²) in [4.78, 5) is 53.2. The molecule has 0 bridgehead atoms. The lowest BCUT2D eigenvalue weighted by atomic mass is 10.1. The molecule has 74 heavy (non-hydrogen) atoms. The summed E-state index contributed by atoms with van der Waals surface area (Å²) in [7, 11) is 0. The number of amides is 4. The smallest absolute Gasteiger partial charge is 0.261 e. The highest BCUT2D eigenvalue weighted by Crippen LogP contribution is 2.25. The van der Waals surface area contributed by atoms with Crippen LogP contribution in [0.5, 0.6) is 0 Å². The van der Waals surface area contributed by atoms with Gasteiger partial charge in [0.2, 0.25) is 0 Å². The first-order chi connectivity index (χ1) is 36.4. The first kappa shape index (κ1) is 63.8. The van der Waals surface area contributed by atoms with Gasteiger partial charge in [0.1, 0.15) is 0 Å². The Morgan fingerprint density at radius 3 is 0.946 bits per heavy atom. The van der Waals surface area contributed by atoms with Crippen LogP contribution < -0.4 is 0 Å². The minimum absolute atomic E-state index is 0.127. The van der Waals surface area contributed by atoms with Crippen molar-refractivity contribution in [3.05, 3.63) is 119 Å². The molecule has 2 aliphatic heterocycles. The van der Waals surface area contributed by atoms with Crippen LogP contribution in [0.15, 0.2) is 97.1 Å². The molecule has 0 saturated carbocycles. The van der Waals surface area contributed by atoms with Crippen molar-refractivity contribution in [2.24, 2.45) is 0 Å². The molecule has 4 amide bonds. The maximum atomic E-state index is 12.8. The average Bonchev–Trinajstić information content (AvgIpc) is 3.80. The van der Waals surface area contributed by atoms with Crippen LogP contribution in [0.3, 0.4) is 0 Å². The second-order valence-corrected chi connectivity index (χ2v) is 19.7. The summed E-state index contributed by atoms with van der Waals surface area (Å²) >= 11 is 0. The lowest BCUT2D eigenvalue weighted by Crippen LogP contribution is -2.39. The molecule has 10 heteroatoms. The highest BCUT2D eigenvalue weighted by Gasteiger charge is 2.38. The summed E-state index contributed by atoms with van der Waals surface area (Å²) in [6, 6.07) is 13.9. The van der Waals surface area contributed by atoms with Crippen LogP contribution in [0, 0.1) is 0 Å². The molecule has 2 aliphatic rings. The highest BCUT2D eigenvalue weighted by atomic mass is 16.7. The van der Waals surface area contributed by atoms with E-state index in [4.69, 9.17) is 18.9 Å². The first-order valence-corrected chi connectivity index (χ1v) is 29.3. The number of imide groups is 2. The number of allylic oxidation sites excluding steroid dienone is 8. The second kappa shape index (κ2) is 42.7. The van der Waals surface area contributed by atoms with Gasteiger partial charge in [0.15, 0.2) is 12.6 Å². The van der Waals surface area contributed by atoms with Gasteiger partial charge in [0.05, 0.1) is 35.3 Å². The van der Waals surface area contributed by atoms with E-state index < -0.39 is 12.6 Å². The van der Waals surface area contributed by atoms with Crippen molar-refractivity contribution in [2.45, 2.75) is 220 Å². The van der Waals surface area contributed by atoms with Gasteiger partial charge in [-0.15, -0.1) is 0 Å². The van der Waals surface area contributed by atoms with E-state index in [0.717, 1.165) is 51.4 Å². The third-order valence-electron chi connectivity index (χ3n) is 13.4. The molecule has 0 aromatic heterocycles. The van der Waals surface area contributed by atoms with Crippen LogP contribution in [0.25, 0.3) is 0 Å². The van der Waals surface area contributed by atoms with Crippen molar-refractivity contribution in [1.82, 2.24) is 9.80 Å². The summed E-state index contributed by atoms with van der Waals surface area (Å²) < 4.78 is 23.6. The number of ether oxygens (including phenoxy) is 4. The van der Waals surface area contributed by atoms with Crippen molar-refractivity contribution < 1.29 is 38.1 Å². The molecule has 0 fully saturated rings. The zero-order valence-corrected chi connectivity index (χ0v) is 46.6. The van der Waals surface area contributed by atoms with Crippen molar-refractivity contribution in [1.29, 1.82) is 0 Å². The summed E-state index contributed by atoms with van der Waals surface area (Å²) in [6.45, 7) is 11.0. The van der Waals surface area contributed by atoms with Gasteiger partial charge in [-0.3, -0.25) is 29.0 Å². The van der Waals surface area contributed by atoms with Crippen molar-refractivity contribution >= 4 is 23.6 Å². The monoisotopic (exact) mass is 1020 g/mol. The van der Waals surface area contributed by atoms with Gasteiger partial charge in [-0.1, -0.05) is 190 Å². The molecule has 2 unspecified atom stereocenters. The second-order valence-electron chi connectivity index (χ2n) is 19.7. The summed E-state index contributed by atoms with van der Waals surface area (Å²) in [5, 5.41) is 0. The van der Waals surface area contributed by atoms with Gasteiger partial charge < -0.3 is 18.9 Å². The molecule has 2 aromatic rings. The number of nitrogens with zero attached hydrogens (tertiary/aromatic N) is 2. The normalized spacial score (nSPS) is 14.4. The van der Waals surface area contributed by atoms with Gasteiger partial charge in [0.25, 0.3) is 23.6 Å². The molecule has 0 saturated heterocycles. The van der Waals surface area contributed by atoms with Crippen molar-refractivity contribution in [2.75, 3.05) is 39.5 Å². The van der Waals surface area contributed by atoms with Crippen molar-refractivity contribution in [3.63, 3.8) is 0 Å². The molecule has 412 valence electrons. The molecule has 0 aliphatic carbocycles. The molecular formula is C64H98N2O8. The maximum Gasteiger partial charge on any atom is 0.261 e. The highest BCUT2D eigenvalue weighted by molar-refractivity contribution is 6.22. The number of hydrogen-bond acceptors (Lipinski definition) is 8. The van der Waals surface area contributed by atoms with E-state index in [9.17, 15) is 19.2 Å².